The zero-order valence-corrected chi connectivity index (χ0v) is 22.9. The predicted octanol–water partition coefficient (Wildman–Crippen LogP) is 6.55. The van der Waals surface area contributed by atoms with Crippen LogP contribution >= 0.6 is 27.5 Å². The van der Waals surface area contributed by atoms with Crippen LogP contribution in [0.3, 0.4) is 0 Å². The SMILES string of the molecule is O=C(c1ccc(Br)cc1)N(CC(=O)N1CCCCC1c1nc(-c2ccc(Cl)cc2)no1)Cc1ccccc1. The van der Waals surface area contributed by atoms with E-state index < -0.39 is 0 Å². The van der Waals surface area contributed by atoms with E-state index in [2.05, 4.69) is 26.1 Å². The summed E-state index contributed by atoms with van der Waals surface area (Å²) in [5.74, 6) is 0.496. The molecule has 0 N–H and O–H groups in total. The van der Waals surface area contributed by atoms with Gasteiger partial charge in [-0.3, -0.25) is 9.59 Å². The molecule has 1 aliphatic rings. The largest absolute Gasteiger partial charge is 0.337 e. The lowest BCUT2D eigenvalue weighted by atomic mass is 10.0. The summed E-state index contributed by atoms with van der Waals surface area (Å²) < 4.78 is 6.51. The molecule has 0 aliphatic carbocycles. The van der Waals surface area contributed by atoms with Crippen LogP contribution in [0.4, 0.5) is 0 Å². The highest BCUT2D eigenvalue weighted by Crippen LogP contribution is 2.32. The minimum Gasteiger partial charge on any atom is -0.337 e. The van der Waals surface area contributed by atoms with Gasteiger partial charge in [-0.05, 0) is 73.4 Å². The van der Waals surface area contributed by atoms with Gasteiger partial charge < -0.3 is 14.3 Å². The number of hydrogen-bond acceptors (Lipinski definition) is 5. The van der Waals surface area contributed by atoms with Gasteiger partial charge in [-0.15, -0.1) is 0 Å². The van der Waals surface area contributed by atoms with E-state index >= 15 is 0 Å². The Morgan fingerprint density at radius 2 is 1.74 bits per heavy atom. The average Bonchev–Trinajstić information content (AvgIpc) is 3.44. The van der Waals surface area contributed by atoms with Gasteiger partial charge in [0, 0.05) is 33.7 Å². The number of halogens is 2. The third kappa shape index (κ3) is 6.14. The van der Waals surface area contributed by atoms with E-state index in [0.717, 1.165) is 28.4 Å². The van der Waals surface area contributed by atoms with Crippen molar-refractivity contribution in [2.24, 2.45) is 0 Å². The number of aromatic nitrogens is 2. The molecule has 3 aromatic carbocycles. The third-order valence-electron chi connectivity index (χ3n) is 6.57. The molecular formula is C29H26BrClN4O3. The van der Waals surface area contributed by atoms with Gasteiger partial charge in [-0.25, -0.2) is 0 Å². The summed E-state index contributed by atoms with van der Waals surface area (Å²) in [7, 11) is 0. The summed E-state index contributed by atoms with van der Waals surface area (Å²) in [5.41, 5.74) is 2.26. The summed E-state index contributed by atoms with van der Waals surface area (Å²) in [4.78, 5) is 35.2. The second-order valence-electron chi connectivity index (χ2n) is 9.22. The van der Waals surface area contributed by atoms with Gasteiger partial charge in [0.25, 0.3) is 5.91 Å². The van der Waals surface area contributed by atoms with E-state index in [4.69, 9.17) is 16.1 Å². The van der Waals surface area contributed by atoms with Gasteiger partial charge in [-0.2, -0.15) is 4.98 Å². The number of hydrogen-bond donors (Lipinski definition) is 0. The summed E-state index contributed by atoms with van der Waals surface area (Å²) >= 11 is 9.42. The Morgan fingerprint density at radius 3 is 2.47 bits per heavy atom. The van der Waals surface area contributed by atoms with Crippen molar-refractivity contribution in [2.45, 2.75) is 31.8 Å². The van der Waals surface area contributed by atoms with E-state index in [1.807, 2.05) is 54.6 Å². The molecule has 0 spiro atoms. The van der Waals surface area contributed by atoms with Crippen LogP contribution in [0.1, 0.15) is 47.1 Å². The van der Waals surface area contributed by atoms with Crippen molar-refractivity contribution in [2.75, 3.05) is 13.1 Å². The number of carbonyl (C=O) groups excluding carboxylic acids is 2. The van der Waals surface area contributed by atoms with Crippen LogP contribution in [0, 0.1) is 0 Å². The fourth-order valence-electron chi connectivity index (χ4n) is 4.61. The predicted molar refractivity (Wildman–Crippen MR) is 148 cm³/mol. The topological polar surface area (TPSA) is 79.5 Å². The molecule has 0 saturated carbocycles. The molecule has 5 rings (SSSR count). The number of rotatable bonds is 7. The molecule has 2 amide bonds. The minimum atomic E-state index is -0.342. The van der Waals surface area contributed by atoms with Crippen LogP contribution in [0.25, 0.3) is 11.4 Å². The molecule has 0 radical (unpaired) electrons. The van der Waals surface area contributed by atoms with E-state index in [1.165, 1.54) is 0 Å². The van der Waals surface area contributed by atoms with Crippen LogP contribution < -0.4 is 0 Å². The molecule has 4 aromatic rings. The van der Waals surface area contributed by atoms with Crippen molar-refractivity contribution < 1.29 is 14.1 Å². The Morgan fingerprint density at radius 1 is 1.00 bits per heavy atom. The minimum absolute atomic E-state index is 0.0571. The first kappa shape index (κ1) is 26.1. The summed E-state index contributed by atoms with van der Waals surface area (Å²) in [6.45, 7) is 0.827. The molecule has 1 aromatic heterocycles. The Balaban J connectivity index is 1.37. The molecule has 1 saturated heterocycles. The van der Waals surface area contributed by atoms with Crippen molar-refractivity contribution in [1.29, 1.82) is 0 Å². The smallest absolute Gasteiger partial charge is 0.254 e. The lowest BCUT2D eigenvalue weighted by Crippen LogP contribution is -2.45. The normalized spacial score (nSPS) is 15.3. The standard InChI is InChI=1S/C29H26BrClN4O3/c30-23-13-9-22(10-14-23)29(37)34(18-20-6-2-1-3-7-20)19-26(36)35-17-5-4-8-25(35)28-32-27(33-38-28)21-11-15-24(31)16-12-21/h1-3,6-7,9-16,25H,4-5,8,17-19H2. The van der Waals surface area contributed by atoms with Gasteiger partial charge in [0.15, 0.2) is 0 Å². The molecular weight excluding hydrogens is 568 g/mol. The maximum Gasteiger partial charge on any atom is 0.254 e. The van der Waals surface area contributed by atoms with Crippen LogP contribution in [0.5, 0.6) is 0 Å². The molecule has 38 heavy (non-hydrogen) atoms. The summed E-state index contributed by atoms with van der Waals surface area (Å²) in [6.07, 6.45) is 2.53. The zero-order valence-electron chi connectivity index (χ0n) is 20.6. The maximum atomic E-state index is 13.7. The van der Waals surface area contributed by atoms with E-state index in [0.29, 0.717) is 41.8 Å². The zero-order chi connectivity index (χ0) is 26.5. The lowest BCUT2D eigenvalue weighted by molar-refractivity contribution is -0.136. The van der Waals surface area contributed by atoms with Crippen molar-refractivity contribution in [3.05, 3.63) is 105 Å². The second kappa shape index (κ2) is 11.9. The Labute approximate surface area is 234 Å². The van der Waals surface area contributed by atoms with Crippen LogP contribution in [-0.2, 0) is 11.3 Å². The monoisotopic (exact) mass is 592 g/mol. The number of benzene rings is 3. The number of likely N-dealkylation sites (tertiary alicyclic amines) is 1. The second-order valence-corrected chi connectivity index (χ2v) is 10.6. The van der Waals surface area contributed by atoms with Gasteiger partial charge in [0.2, 0.25) is 17.6 Å². The fourth-order valence-corrected chi connectivity index (χ4v) is 5.00. The molecule has 1 unspecified atom stereocenters. The van der Waals surface area contributed by atoms with Crippen LogP contribution in [0.2, 0.25) is 5.02 Å². The Kier molecular flexibility index (Phi) is 8.20. The molecule has 1 aliphatic heterocycles. The molecule has 7 nitrogen and oxygen atoms in total. The van der Waals surface area contributed by atoms with E-state index in [-0.39, 0.29) is 24.4 Å². The lowest BCUT2D eigenvalue weighted by Gasteiger charge is -2.35. The van der Waals surface area contributed by atoms with Crippen molar-refractivity contribution in [1.82, 2.24) is 19.9 Å². The third-order valence-corrected chi connectivity index (χ3v) is 7.35. The van der Waals surface area contributed by atoms with Gasteiger partial charge in [-0.1, -0.05) is 63.0 Å². The Bertz CT molecular complexity index is 1390. The quantitative estimate of drug-likeness (QED) is 0.243. The molecule has 9 heteroatoms. The van der Waals surface area contributed by atoms with E-state index in [9.17, 15) is 9.59 Å². The number of piperidine rings is 1. The summed E-state index contributed by atoms with van der Waals surface area (Å²) in [5, 5.41) is 4.77. The first-order valence-corrected chi connectivity index (χ1v) is 13.6. The fraction of sp³-hybridized carbons (Fsp3) is 0.241. The van der Waals surface area contributed by atoms with E-state index in [1.54, 1.807) is 34.1 Å². The number of nitrogens with zero attached hydrogens (tertiary/aromatic N) is 4. The number of amides is 2. The highest BCUT2D eigenvalue weighted by atomic mass is 79.9. The van der Waals surface area contributed by atoms with Crippen LogP contribution in [0.15, 0.2) is 87.9 Å². The molecule has 1 atom stereocenters. The molecule has 1 fully saturated rings. The Hall–Kier alpha value is -3.49. The van der Waals surface area contributed by atoms with Gasteiger partial charge >= 0.3 is 0 Å². The van der Waals surface area contributed by atoms with Crippen molar-refractivity contribution >= 4 is 39.3 Å². The highest BCUT2D eigenvalue weighted by molar-refractivity contribution is 9.10. The van der Waals surface area contributed by atoms with Crippen LogP contribution in [-0.4, -0.2) is 44.8 Å². The molecule has 2 heterocycles. The first-order valence-electron chi connectivity index (χ1n) is 12.5. The molecule has 0 bridgehead atoms. The highest BCUT2D eigenvalue weighted by Gasteiger charge is 2.33. The average molecular weight is 594 g/mol. The summed E-state index contributed by atoms with van der Waals surface area (Å²) in [6, 6.07) is 23.7. The van der Waals surface area contributed by atoms with Gasteiger partial charge in [0.1, 0.15) is 12.6 Å². The molecule has 194 valence electrons. The first-order chi connectivity index (χ1) is 18.5. The van der Waals surface area contributed by atoms with Gasteiger partial charge in [0.05, 0.1) is 0 Å². The van der Waals surface area contributed by atoms with Crippen molar-refractivity contribution in [3.63, 3.8) is 0 Å². The van der Waals surface area contributed by atoms with Crippen molar-refractivity contribution in [3.8, 4) is 11.4 Å². The number of carbonyl (C=O) groups is 2. The maximum absolute atomic E-state index is 13.7.